The summed E-state index contributed by atoms with van der Waals surface area (Å²) in [6.45, 7) is 8.00. The summed E-state index contributed by atoms with van der Waals surface area (Å²) in [5.74, 6) is 1.74. The average Bonchev–Trinajstić information content (AvgIpc) is 2.62. The van der Waals surface area contributed by atoms with Crippen molar-refractivity contribution < 1.29 is 14.3 Å². The molecule has 1 aromatic carbocycles. The molecular weight excluding hydrogens is 252 g/mol. The molecule has 0 saturated carbocycles. The number of hydrogen-bond acceptors (Lipinski definition) is 3. The Morgan fingerprint density at radius 3 is 2.05 bits per heavy atom. The highest BCUT2D eigenvalue weighted by Crippen LogP contribution is 2.51. The van der Waals surface area contributed by atoms with Crippen molar-refractivity contribution in [1.29, 1.82) is 0 Å². The van der Waals surface area contributed by atoms with Crippen LogP contribution in [0.15, 0.2) is 24.3 Å². The Kier molecular flexibility index (Phi) is 3.41. The van der Waals surface area contributed by atoms with Crippen LogP contribution in [0.2, 0.25) is 0 Å². The van der Waals surface area contributed by atoms with Crippen LogP contribution in [0.4, 0.5) is 0 Å². The summed E-state index contributed by atoms with van der Waals surface area (Å²) in [6, 6.07) is 3.95. The molecule has 0 fully saturated rings. The van der Waals surface area contributed by atoms with Crippen molar-refractivity contribution in [3.8, 4) is 11.5 Å². The fraction of sp³-hybridized carbons (Fsp3) is 0.471. The fourth-order valence-electron chi connectivity index (χ4n) is 2.80. The maximum absolute atomic E-state index is 12.1. The van der Waals surface area contributed by atoms with Gasteiger partial charge in [0.15, 0.2) is 5.78 Å². The highest BCUT2D eigenvalue weighted by molar-refractivity contribution is 5.99. The summed E-state index contributed by atoms with van der Waals surface area (Å²) in [5.41, 5.74) is 1.09. The lowest BCUT2D eigenvalue weighted by Crippen LogP contribution is -2.39. The van der Waals surface area contributed by atoms with E-state index in [9.17, 15) is 4.79 Å². The van der Waals surface area contributed by atoms with E-state index in [1.165, 1.54) is 0 Å². The second kappa shape index (κ2) is 4.65. The molecule has 0 aliphatic heterocycles. The summed E-state index contributed by atoms with van der Waals surface area (Å²) in [6.07, 6.45) is 3.65. The predicted molar refractivity (Wildman–Crippen MR) is 79.6 cm³/mol. The minimum atomic E-state index is -0.499. The first kappa shape index (κ1) is 14.6. The van der Waals surface area contributed by atoms with Gasteiger partial charge in [-0.05, 0) is 30.7 Å². The zero-order valence-electron chi connectivity index (χ0n) is 13.0. The van der Waals surface area contributed by atoms with Crippen LogP contribution < -0.4 is 9.47 Å². The molecule has 0 amide bonds. The van der Waals surface area contributed by atoms with Gasteiger partial charge in [0.05, 0.1) is 14.2 Å². The van der Waals surface area contributed by atoms with Gasteiger partial charge in [0.25, 0.3) is 0 Å². The summed E-state index contributed by atoms with van der Waals surface area (Å²) in [7, 11) is 3.31. The van der Waals surface area contributed by atoms with Crippen molar-refractivity contribution in [3.05, 3.63) is 35.4 Å². The minimum Gasteiger partial charge on any atom is -0.496 e. The number of aryl methyl sites for hydroxylation is 1. The van der Waals surface area contributed by atoms with Crippen LogP contribution in [-0.2, 0) is 10.2 Å². The van der Waals surface area contributed by atoms with Crippen molar-refractivity contribution in [2.75, 3.05) is 14.2 Å². The van der Waals surface area contributed by atoms with Gasteiger partial charge in [-0.1, -0.05) is 26.8 Å². The number of carbonyl (C=O) groups excluding carboxylic acids is 1. The number of methoxy groups -OCH3 is 2. The molecular formula is C17H22O3. The van der Waals surface area contributed by atoms with Gasteiger partial charge in [-0.2, -0.15) is 0 Å². The number of ketones is 1. The molecule has 3 heteroatoms. The molecule has 0 radical (unpaired) electrons. The Balaban J connectivity index is 2.69. The van der Waals surface area contributed by atoms with Crippen molar-refractivity contribution in [3.63, 3.8) is 0 Å². The first-order valence-electron chi connectivity index (χ1n) is 6.74. The highest BCUT2D eigenvalue weighted by atomic mass is 16.5. The van der Waals surface area contributed by atoms with E-state index in [1.54, 1.807) is 20.3 Å². The second-order valence-corrected chi connectivity index (χ2v) is 6.05. The summed E-state index contributed by atoms with van der Waals surface area (Å²) in [4.78, 5) is 12.1. The standard InChI is InChI=1S/C17H22O3/c1-11-9-14(20-6)12(10-13(11)19-5)17(4)8-7-15(18)16(17,2)3/h7-10H,1-6H3/t17-/m1/s1. The first-order valence-corrected chi connectivity index (χ1v) is 6.74. The topological polar surface area (TPSA) is 35.5 Å². The van der Waals surface area contributed by atoms with E-state index in [-0.39, 0.29) is 5.78 Å². The van der Waals surface area contributed by atoms with Gasteiger partial charge in [0, 0.05) is 16.4 Å². The third-order valence-electron chi connectivity index (χ3n) is 4.76. The quantitative estimate of drug-likeness (QED) is 0.847. The van der Waals surface area contributed by atoms with Crippen molar-refractivity contribution in [2.24, 2.45) is 5.41 Å². The third-order valence-corrected chi connectivity index (χ3v) is 4.76. The minimum absolute atomic E-state index is 0.140. The normalized spacial score (nSPS) is 24.0. The molecule has 0 heterocycles. The molecule has 108 valence electrons. The van der Waals surface area contributed by atoms with Crippen LogP contribution in [0, 0.1) is 12.3 Å². The third kappa shape index (κ3) is 1.84. The van der Waals surface area contributed by atoms with E-state index < -0.39 is 10.8 Å². The zero-order chi connectivity index (χ0) is 15.1. The Bertz CT molecular complexity index is 584. The van der Waals surface area contributed by atoms with E-state index in [0.717, 1.165) is 22.6 Å². The molecule has 0 saturated heterocycles. The van der Waals surface area contributed by atoms with Crippen LogP contribution >= 0.6 is 0 Å². The number of carbonyl (C=O) groups is 1. The largest absolute Gasteiger partial charge is 0.496 e. The van der Waals surface area contributed by atoms with Crippen LogP contribution in [-0.4, -0.2) is 20.0 Å². The van der Waals surface area contributed by atoms with E-state index in [4.69, 9.17) is 9.47 Å². The van der Waals surface area contributed by atoms with Crippen LogP contribution in [0.1, 0.15) is 31.9 Å². The molecule has 0 spiro atoms. The van der Waals surface area contributed by atoms with Crippen molar-refractivity contribution >= 4 is 5.78 Å². The lowest BCUT2D eigenvalue weighted by Gasteiger charge is -2.38. The van der Waals surface area contributed by atoms with Gasteiger partial charge in [0.2, 0.25) is 0 Å². The molecule has 0 unspecified atom stereocenters. The van der Waals surface area contributed by atoms with Gasteiger partial charge in [-0.3, -0.25) is 4.79 Å². The van der Waals surface area contributed by atoms with Crippen LogP contribution in [0.5, 0.6) is 11.5 Å². The van der Waals surface area contributed by atoms with E-state index in [0.29, 0.717) is 0 Å². The molecule has 2 rings (SSSR count). The average molecular weight is 274 g/mol. The monoisotopic (exact) mass is 274 g/mol. The highest BCUT2D eigenvalue weighted by Gasteiger charge is 2.50. The van der Waals surface area contributed by atoms with Gasteiger partial charge in [-0.15, -0.1) is 0 Å². The van der Waals surface area contributed by atoms with Gasteiger partial charge in [-0.25, -0.2) is 0 Å². The SMILES string of the molecule is COc1cc([C@@]2(C)C=CC(=O)C2(C)C)c(OC)cc1C. The zero-order valence-corrected chi connectivity index (χ0v) is 13.0. The number of allylic oxidation sites excluding steroid dienone is 2. The Hall–Kier alpha value is -1.77. The van der Waals surface area contributed by atoms with Crippen LogP contribution in [0.25, 0.3) is 0 Å². The van der Waals surface area contributed by atoms with Gasteiger partial charge in [0.1, 0.15) is 11.5 Å². The number of hydrogen-bond donors (Lipinski definition) is 0. The molecule has 0 bridgehead atoms. The second-order valence-electron chi connectivity index (χ2n) is 6.05. The maximum Gasteiger partial charge on any atom is 0.162 e. The molecule has 1 aliphatic rings. The number of rotatable bonds is 3. The Morgan fingerprint density at radius 2 is 1.60 bits per heavy atom. The van der Waals surface area contributed by atoms with Crippen molar-refractivity contribution in [2.45, 2.75) is 33.1 Å². The van der Waals surface area contributed by atoms with Crippen molar-refractivity contribution in [1.82, 2.24) is 0 Å². The van der Waals surface area contributed by atoms with Gasteiger partial charge < -0.3 is 9.47 Å². The lowest BCUT2D eigenvalue weighted by atomic mass is 9.64. The maximum atomic E-state index is 12.1. The van der Waals surface area contributed by atoms with E-state index in [2.05, 4.69) is 6.92 Å². The molecule has 3 nitrogen and oxygen atoms in total. The summed E-state index contributed by atoms with van der Waals surface area (Å²) < 4.78 is 11.0. The Labute approximate surface area is 120 Å². The molecule has 20 heavy (non-hydrogen) atoms. The number of ether oxygens (including phenoxy) is 2. The smallest absolute Gasteiger partial charge is 0.162 e. The van der Waals surface area contributed by atoms with E-state index >= 15 is 0 Å². The van der Waals surface area contributed by atoms with Crippen LogP contribution in [0.3, 0.4) is 0 Å². The fourth-order valence-corrected chi connectivity index (χ4v) is 2.80. The summed E-state index contributed by atoms with van der Waals surface area (Å²) in [5, 5.41) is 0. The summed E-state index contributed by atoms with van der Waals surface area (Å²) >= 11 is 0. The molecule has 1 atom stereocenters. The Morgan fingerprint density at radius 1 is 1.00 bits per heavy atom. The predicted octanol–water partition coefficient (Wildman–Crippen LogP) is 3.44. The first-order chi connectivity index (χ1) is 9.27. The molecule has 1 aliphatic carbocycles. The lowest BCUT2D eigenvalue weighted by molar-refractivity contribution is -0.123. The molecule has 1 aromatic rings. The molecule has 0 aromatic heterocycles. The molecule has 0 N–H and O–H groups in total. The van der Waals surface area contributed by atoms with E-state index in [1.807, 2.05) is 39.0 Å². The number of benzene rings is 1. The van der Waals surface area contributed by atoms with Gasteiger partial charge >= 0.3 is 0 Å².